The summed E-state index contributed by atoms with van der Waals surface area (Å²) in [4.78, 5) is 0.329. The first-order chi connectivity index (χ1) is 20.1. The van der Waals surface area contributed by atoms with Gasteiger partial charge < -0.3 is 18.9 Å². The fourth-order valence-electron chi connectivity index (χ4n) is 5.78. The minimum atomic E-state index is -3.54. The monoisotopic (exact) mass is 570 g/mol. The standard InChI is InChI=1S/C34H34O6S/c35-41(36)24-29-32(28-18-10-11-19-31(28)41)40-30(23-37-20-25-12-4-1-5-13-25)34(39-22-27-16-8-3-9-17-27)33(29)38-21-26-14-6-2-7-15-26/h1-19,29-30,32-34H,20-24H2/t29-,30+,32-,33+,34+/m0/s1. The second-order valence-electron chi connectivity index (χ2n) is 10.6. The third kappa shape index (κ3) is 6.45. The van der Waals surface area contributed by atoms with E-state index in [1.807, 2.05) is 103 Å². The van der Waals surface area contributed by atoms with Crippen LogP contribution in [0.5, 0.6) is 0 Å². The average Bonchev–Trinajstić information content (AvgIpc) is 3.01. The van der Waals surface area contributed by atoms with E-state index >= 15 is 0 Å². The summed E-state index contributed by atoms with van der Waals surface area (Å²) < 4.78 is 53.0. The molecule has 0 spiro atoms. The predicted molar refractivity (Wildman–Crippen MR) is 156 cm³/mol. The van der Waals surface area contributed by atoms with Crippen molar-refractivity contribution in [3.8, 4) is 0 Å². The first-order valence-electron chi connectivity index (χ1n) is 14.0. The molecule has 0 amide bonds. The van der Waals surface area contributed by atoms with Gasteiger partial charge >= 0.3 is 0 Å². The van der Waals surface area contributed by atoms with E-state index in [0.29, 0.717) is 30.3 Å². The maximum Gasteiger partial charge on any atom is 0.179 e. The number of benzene rings is 4. The summed E-state index contributed by atoms with van der Waals surface area (Å²) in [5.41, 5.74) is 3.76. The molecule has 7 heteroatoms. The van der Waals surface area contributed by atoms with Gasteiger partial charge in [0.2, 0.25) is 0 Å². The first kappa shape index (κ1) is 27.8. The third-order valence-electron chi connectivity index (χ3n) is 7.76. The zero-order valence-electron chi connectivity index (χ0n) is 22.7. The van der Waals surface area contributed by atoms with Gasteiger partial charge in [0.15, 0.2) is 9.84 Å². The molecule has 1 fully saturated rings. The predicted octanol–water partition coefficient (Wildman–Crippen LogP) is 5.92. The lowest BCUT2D eigenvalue weighted by atomic mass is 9.84. The Morgan fingerprint density at radius 3 is 1.76 bits per heavy atom. The summed E-state index contributed by atoms with van der Waals surface area (Å²) in [7, 11) is -3.54. The molecule has 41 heavy (non-hydrogen) atoms. The van der Waals surface area contributed by atoms with Crippen LogP contribution < -0.4 is 0 Å². The summed E-state index contributed by atoms with van der Waals surface area (Å²) in [5, 5.41) is 0. The molecule has 0 radical (unpaired) electrons. The van der Waals surface area contributed by atoms with E-state index < -0.39 is 40.2 Å². The maximum absolute atomic E-state index is 13.5. The van der Waals surface area contributed by atoms with Crippen LogP contribution in [-0.2, 0) is 48.6 Å². The van der Waals surface area contributed by atoms with Crippen molar-refractivity contribution in [3.05, 3.63) is 138 Å². The number of sulfone groups is 1. The van der Waals surface area contributed by atoms with E-state index in [-0.39, 0.29) is 12.4 Å². The molecular weight excluding hydrogens is 536 g/mol. The topological polar surface area (TPSA) is 71.1 Å². The molecule has 2 heterocycles. The van der Waals surface area contributed by atoms with Gasteiger partial charge in [-0.2, -0.15) is 0 Å². The van der Waals surface area contributed by atoms with Crippen molar-refractivity contribution in [3.63, 3.8) is 0 Å². The van der Waals surface area contributed by atoms with Crippen molar-refractivity contribution in [1.82, 2.24) is 0 Å². The second-order valence-corrected chi connectivity index (χ2v) is 12.6. The smallest absolute Gasteiger partial charge is 0.179 e. The molecule has 1 saturated heterocycles. The lowest BCUT2D eigenvalue weighted by Gasteiger charge is -2.48. The quantitative estimate of drug-likeness (QED) is 0.236. The lowest BCUT2D eigenvalue weighted by molar-refractivity contribution is -0.245. The van der Waals surface area contributed by atoms with E-state index in [0.717, 1.165) is 16.7 Å². The fourth-order valence-corrected chi connectivity index (χ4v) is 7.66. The summed E-state index contributed by atoms with van der Waals surface area (Å²) in [6.07, 6.45) is -2.02. The van der Waals surface area contributed by atoms with Crippen molar-refractivity contribution >= 4 is 9.84 Å². The van der Waals surface area contributed by atoms with Crippen LogP contribution in [0, 0.1) is 5.92 Å². The Kier molecular flexibility index (Phi) is 8.60. The van der Waals surface area contributed by atoms with Gasteiger partial charge in [0.1, 0.15) is 12.2 Å². The molecule has 2 aliphatic rings. The Labute approximate surface area is 241 Å². The van der Waals surface area contributed by atoms with Crippen molar-refractivity contribution in [2.24, 2.45) is 5.92 Å². The molecule has 6 rings (SSSR count). The SMILES string of the molecule is O=S1(=O)C[C@@H]2[C@@H](OCc3ccccc3)[C@H](OCc3ccccc3)[C@@H](COCc3ccccc3)O[C@H]2c2ccccc21. The van der Waals surface area contributed by atoms with Crippen molar-refractivity contribution in [2.45, 2.75) is 49.1 Å². The first-order valence-corrected chi connectivity index (χ1v) is 15.6. The van der Waals surface area contributed by atoms with Crippen molar-refractivity contribution in [2.75, 3.05) is 12.4 Å². The molecule has 0 saturated carbocycles. The van der Waals surface area contributed by atoms with Gasteiger partial charge in [0.25, 0.3) is 0 Å². The van der Waals surface area contributed by atoms with Crippen LogP contribution in [0.2, 0.25) is 0 Å². The van der Waals surface area contributed by atoms with E-state index in [1.165, 1.54) is 0 Å². The number of ether oxygens (including phenoxy) is 4. The highest BCUT2D eigenvalue weighted by Gasteiger charge is 2.52. The molecule has 0 N–H and O–H groups in total. The van der Waals surface area contributed by atoms with Crippen molar-refractivity contribution in [1.29, 1.82) is 0 Å². The molecular formula is C34H34O6S. The summed E-state index contributed by atoms with van der Waals surface area (Å²) in [6, 6.07) is 37.0. The molecule has 4 aromatic carbocycles. The Morgan fingerprint density at radius 1 is 0.634 bits per heavy atom. The highest BCUT2D eigenvalue weighted by Crippen LogP contribution is 2.46. The highest BCUT2D eigenvalue weighted by molar-refractivity contribution is 7.91. The molecule has 2 aliphatic heterocycles. The molecule has 0 unspecified atom stereocenters. The van der Waals surface area contributed by atoms with Gasteiger partial charge in [0, 0.05) is 5.92 Å². The number of hydrogen-bond acceptors (Lipinski definition) is 6. The number of hydrogen-bond donors (Lipinski definition) is 0. The zero-order valence-corrected chi connectivity index (χ0v) is 23.6. The summed E-state index contributed by atoms with van der Waals surface area (Å²) >= 11 is 0. The van der Waals surface area contributed by atoms with Gasteiger partial charge in [-0.3, -0.25) is 0 Å². The molecule has 0 bridgehead atoms. The molecule has 0 aromatic heterocycles. The maximum atomic E-state index is 13.5. The Bertz CT molecular complexity index is 1510. The van der Waals surface area contributed by atoms with E-state index in [4.69, 9.17) is 18.9 Å². The van der Waals surface area contributed by atoms with Crippen LogP contribution in [0.25, 0.3) is 0 Å². The van der Waals surface area contributed by atoms with Crippen LogP contribution in [0.4, 0.5) is 0 Å². The lowest BCUT2D eigenvalue weighted by Crippen LogP contribution is -2.57. The Balaban J connectivity index is 1.33. The summed E-state index contributed by atoms with van der Waals surface area (Å²) in [6.45, 7) is 1.38. The number of fused-ring (bicyclic) bond motifs is 3. The van der Waals surface area contributed by atoms with Crippen LogP contribution in [0.1, 0.15) is 28.4 Å². The molecule has 0 aliphatic carbocycles. The minimum absolute atomic E-state index is 0.0725. The Morgan fingerprint density at radius 2 is 1.15 bits per heavy atom. The van der Waals surface area contributed by atoms with Gasteiger partial charge in [-0.25, -0.2) is 8.42 Å². The van der Waals surface area contributed by atoms with Crippen molar-refractivity contribution < 1.29 is 27.4 Å². The third-order valence-corrected chi connectivity index (χ3v) is 9.62. The minimum Gasteiger partial charge on any atom is -0.374 e. The van der Waals surface area contributed by atoms with Gasteiger partial charge in [-0.1, -0.05) is 109 Å². The summed E-state index contributed by atoms with van der Waals surface area (Å²) in [5.74, 6) is -0.513. The van der Waals surface area contributed by atoms with E-state index in [1.54, 1.807) is 12.1 Å². The largest absolute Gasteiger partial charge is 0.374 e. The van der Waals surface area contributed by atoms with Gasteiger partial charge in [-0.15, -0.1) is 0 Å². The van der Waals surface area contributed by atoms with E-state index in [9.17, 15) is 8.42 Å². The molecule has 212 valence electrons. The molecule has 6 nitrogen and oxygen atoms in total. The van der Waals surface area contributed by atoms with Crippen LogP contribution in [-0.4, -0.2) is 39.1 Å². The van der Waals surface area contributed by atoms with Crippen LogP contribution in [0.3, 0.4) is 0 Å². The van der Waals surface area contributed by atoms with Gasteiger partial charge in [0.05, 0.1) is 49.3 Å². The molecule has 4 aromatic rings. The van der Waals surface area contributed by atoms with Crippen LogP contribution in [0.15, 0.2) is 120 Å². The van der Waals surface area contributed by atoms with E-state index in [2.05, 4.69) is 0 Å². The normalized spacial score (nSPS) is 24.7. The molecule has 5 atom stereocenters. The average molecular weight is 571 g/mol. The fraction of sp³-hybridized carbons (Fsp3) is 0.294. The highest BCUT2D eigenvalue weighted by atomic mass is 32.2. The second kappa shape index (κ2) is 12.7. The Hall–Kier alpha value is -3.33. The van der Waals surface area contributed by atoms with Crippen LogP contribution >= 0.6 is 0 Å². The number of rotatable bonds is 10. The van der Waals surface area contributed by atoms with Gasteiger partial charge in [-0.05, 0) is 28.3 Å². The zero-order chi connectivity index (χ0) is 28.1.